The Morgan fingerprint density at radius 1 is 0.737 bits per heavy atom. The number of rotatable bonds is 2. The van der Waals surface area contributed by atoms with E-state index in [9.17, 15) is 0 Å². The predicted octanol–water partition coefficient (Wildman–Crippen LogP) is 4.33. The lowest BCUT2D eigenvalue weighted by Crippen LogP contribution is -2.04. The Balaban J connectivity index is 2.31. The second kappa shape index (κ2) is 5.19. The van der Waals surface area contributed by atoms with Crippen LogP contribution in [0.4, 0.5) is 0 Å². The molecule has 1 atom stereocenters. The molecule has 0 aliphatic heterocycles. The van der Waals surface area contributed by atoms with Gasteiger partial charge >= 0.3 is 0 Å². The van der Waals surface area contributed by atoms with Crippen molar-refractivity contribution in [2.45, 2.75) is 0 Å². The molecule has 0 aromatic heterocycles. The summed E-state index contributed by atoms with van der Waals surface area (Å²) < 4.78 is 0. The maximum absolute atomic E-state index is 6.16. The maximum Gasteiger partial charge on any atom is 0.115 e. The van der Waals surface area contributed by atoms with Gasteiger partial charge in [0.2, 0.25) is 0 Å². The minimum Gasteiger partial charge on any atom is -0.129 e. The molecule has 0 amide bonds. The van der Waals surface area contributed by atoms with Crippen LogP contribution in [0, 0.1) is 0 Å². The lowest BCUT2D eigenvalue weighted by Gasteiger charge is -2.15. The second-order valence-corrected chi connectivity index (χ2v) is 6.36. The summed E-state index contributed by atoms with van der Waals surface area (Å²) in [6.45, 7) is 2.10. The standard InChI is InChI=1S/C17H14BP/c1-19(18)17-12-5-4-10-16(17)15-11-6-8-13-7-2-3-9-14(13)15/h2-12H,1H3/t19-/m0/s1. The molecular weight excluding hydrogens is 246 g/mol. The molecule has 90 valence electrons. The molecule has 3 aromatic carbocycles. The molecule has 0 bridgehead atoms. The smallest absolute Gasteiger partial charge is 0.115 e. The van der Waals surface area contributed by atoms with Gasteiger partial charge in [-0.3, -0.25) is 0 Å². The van der Waals surface area contributed by atoms with E-state index in [-0.39, 0.29) is 0 Å². The van der Waals surface area contributed by atoms with Gasteiger partial charge in [-0.2, -0.15) is 0 Å². The summed E-state index contributed by atoms with van der Waals surface area (Å²) in [4.78, 5) is 0. The molecule has 0 aliphatic carbocycles. The third-order valence-corrected chi connectivity index (χ3v) is 4.51. The van der Waals surface area contributed by atoms with Gasteiger partial charge in [-0.25, -0.2) is 0 Å². The van der Waals surface area contributed by atoms with Gasteiger partial charge in [0.05, 0.1) is 0 Å². The van der Waals surface area contributed by atoms with Crippen LogP contribution in [-0.4, -0.2) is 14.2 Å². The van der Waals surface area contributed by atoms with Crippen LogP contribution in [0.5, 0.6) is 0 Å². The van der Waals surface area contributed by atoms with Crippen molar-refractivity contribution in [2.24, 2.45) is 0 Å². The highest BCUT2D eigenvalue weighted by Gasteiger charge is 2.09. The van der Waals surface area contributed by atoms with E-state index in [4.69, 9.17) is 7.57 Å². The van der Waals surface area contributed by atoms with Crippen LogP contribution >= 0.6 is 7.80 Å². The Hall–Kier alpha value is -1.59. The van der Waals surface area contributed by atoms with Crippen LogP contribution < -0.4 is 5.30 Å². The average molecular weight is 260 g/mol. The Kier molecular flexibility index (Phi) is 3.40. The van der Waals surface area contributed by atoms with Gasteiger partial charge in [-0.15, -0.1) is 7.80 Å². The molecular formula is C17H14BP. The van der Waals surface area contributed by atoms with Crippen LogP contribution in [0.1, 0.15) is 0 Å². The third kappa shape index (κ3) is 2.31. The molecule has 19 heavy (non-hydrogen) atoms. The van der Waals surface area contributed by atoms with Crippen LogP contribution in [0.2, 0.25) is 0 Å². The predicted molar refractivity (Wildman–Crippen MR) is 87.6 cm³/mol. The normalized spacial score (nSPS) is 12.5. The minimum absolute atomic E-state index is 0.595. The molecule has 0 aliphatic rings. The van der Waals surface area contributed by atoms with E-state index in [1.807, 2.05) is 0 Å². The number of hydrogen-bond donors (Lipinski definition) is 0. The number of hydrogen-bond acceptors (Lipinski definition) is 0. The van der Waals surface area contributed by atoms with E-state index in [2.05, 4.69) is 73.4 Å². The Labute approximate surface area is 116 Å². The Morgan fingerprint density at radius 2 is 1.37 bits per heavy atom. The van der Waals surface area contributed by atoms with Crippen molar-refractivity contribution in [3.8, 4) is 11.1 Å². The van der Waals surface area contributed by atoms with E-state index in [1.165, 1.54) is 27.2 Å². The van der Waals surface area contributed by atoms with Crippen LogP contribution in [0.3, 0.4) is 0 Å². The van der Waals surface area contributed by atoms with Crippen molar-refractivity contribution in [1.82, 2.24) is 0 Å². The SMILES string of the molecule is [B][P@@](C)c1ccccc1-c1cccc2ccccc12. The fraction of sp³-hybridized carbons (Fsp3) is 0.0588. The van der Waals surface area contributed by atoms with Gasteiger partial charge in [0.15, 0.2) is 0 Å². The van der Waals surface area contributed by atoms with Crippen molar-refractivity contribution in [2.75, 3.05) is 6.66 Å². The highest BCUT2D eigenvalue weighted by atomic mass is 31.1. The van der Waals surface area contributed by atoms with Crippen molar-refractivity contribution < 1.29 is 0 Å². The molecule has 0 unspecified atom stereocenters. The molecule has 0 fully saturated rings. The molecule has 0 saturated heterocycles. The highest BCUT2D eigenvalue weighted by molar-refractivity contribution is 7.87. The largest absolute Gasteiger partial charge is 0.129 e. The average Bonchev–Trinajstić information content (AvgIpc) is 2.46. The highest BCUT2D eigenvalue weighted by Crippen LogP contribution is 2.33. The van der Waals surface area contributed by atoms with Gasteiger partial charge < -0.3 is 0 Å². The van der Waals surface area contributed by atoms with Gasteiger partial charge in [-0.05, 0) is 33.9 Å². The van der Waals surface area contributed by atoms with E-state index in [0.717, 1.165) is 0 Å². The van der Waals surface area contributed by atoms with Crippen molar-refractivity contribution >= 4 is 31.4 Å². The Bertz CT molecular complexity index is 714. The summed E-state index contributed by atoms with van der Waals surface area (Å²) in [5.41, 5.74) is 2.53. The molecule has 0 spiro atoms. The van der Waals surface area contributed by atoms with Crippen molar-refractivity contribution in [1.29, 1.82) is 0 Å². The van der Waals surface area contributed by atoms with Gasteiger partial charge in [-0.1, -0.05) is 66.7 Å². The summed E-state index contributed by atoms with van der Waals surface area (Å²) in [5, 5.41) is 3.82. The Morgan fingerprint density at radius 3 is 2.21 bits per heavy atom. The topological polar surface area (TPSA) is 0 Å². The first kappa shape index (κ1) is 12.4. The zero-order chi connectivity index (χ0) is 13.2. The van der Waals surface area contributed by atoms with E-state index in [1.54, 1.807) is 0 Å². The molecule has 0 saturated carbocycles. The first-order chi connectivity index (χ1) is 9.27. The molecule has 3 aromatic rings. The zero-order valence-corrected chi connectivity index (χ0v) is 11.8. The second-order valence-electron chi connectivity index (χ2n) is 4.65. The third-order valence-electron chi connectivity index (χ3n) is 3.36. The number of fused-ring (bicyclic) bond motifs is 1. The van der Waals surface area contributed by atoms with Crippen LogP contribution in [0.25, 0.3) is 21.9 Å². The van der Waals surface area contributed by atoms with Crippen molar-refractivity contribution in [3.05, 3.63) is 66.7 Å². The summed E-state index contributed by atoms with van der Waals surface area (Å²) >= 11 is 0. The first-order valence-electron chi connectivity index (χ1n) is 6.33. The summed E-state index contributed by atoms with van der Waals surface area (Å²) in [5.74, 6) is 0. The van der Waals surface area contributed by atoms with Gasteiger partial charge in [0.1, 0.15) is 7.57 Å². The van der Waals surface area contributed by atoms with E-state index < -0.39 is 7.80 Å². The van der Waals surface area contributed by atoms with E-state index in [0.29, 0.717) is 0 Å². The van der Waals surface area contributed by atoms with Crippen LogP contribution in [0.15, 0.2) is 66.7 Å². The zero-order valence-electron chi connectivity index (χ0n) is 10.9. The molecule has 2 radical (unpaired) electrons. The fourth-order valence-corrected chi connectivity index (χ4v) is 3.37. The minimum atomic E-state index is -0.595. The fourth-order valence-electron chi connectivity index (χ4n) is 2.47. The molecule has 0 N–H and O–H groups in total. The summed E-state index contributed by atoms with van der Waals surface area (Å²) in [6, 6.07) is 23.4. The van der Waals surface area contributed by atoms with Crippen molar-refractivity contribution in [3.63, 3.8) is 0 Å². The first-order valence-corrected chi connectivity index (χ1v) is 8.19. The molecule has 0 nitrogen and oxygen atoms in total. The molecule has 0 heterocycles. The quantitative estimate of drug-likeness (QED) is 0.475. The van der Waals surface area contributed by atoms with Gasteiger partial charge in [0.25, 0.3) is 0 Å². The monoisotopic (exact) mass is 260 g/mol. The van der Waals surface area contributed by atoms with E-state index >= 15 is 0 Å². The maximum atomic E-state index is 6.16. The summed E-state index contributed by atoms with van der Waals surface area (Å²) in [6.07, 6.45) is 0. The lowest BCUT2D eigenvalue weighted by atomic mass is 9.98. The molecule has 2 heteroatoms. The number of benzene rings is 3. The lowest BCUT2D eigenvalue weighted by molar-refractivity contribution is 1.68. The van der Waals surface area contributed by atoms with Gasteiger partial charge in [0, 0.05) is 0 Å². The molecule has 3 rings (SSSR count). The van der Waals surface area contributed by atoms with Crippen LogP contribution in [-0.2, 0) is 0 Å². The summed E-state index contributed by atoms with van der Waals surface area (Å²) in [7, 11) is 5.57.